The van der Waals surface area contributed by atoms with Crippen LogP contribution in [0.25, 0.3) is 16.3 Å². The van der Waals surface area contributed by atoms with E-state index in [0.717, 1.165) is 26.4 Å². The summed E-state index contributed by atoms with van der Waals surface area (Å²) in [7, 11) is 0. The van der Waals surface area contributed by atoms with E-state index in [4.69, 9.17) is 0 Å². The fourth-order valence-electron chi connectivity index (χ4n) is 1.58. The van der Waals surface area contributed by atoms with Gasteiger partial charge in [-0.25, -0.2) is 0 Å². The molecule has 0 saturated heterocycles. The Kier molecular flexibility index (Phi) is 2.53. The van der Waals surface area contributed by atoms with Gasteiger partial charge in [-0.2, -0.15) is 0 Å². The second kappa shape index (κ2) is 4.05. The Labute approximate surface area is 109 Å². The van der Waals surface area contributed by atoms with Gasteiger partial charge < -0.3 is 0 Å². The Balaban J connectivity index is 2.26. The van der Waals surface area contributed by atoms with Crippen LogP contribution in [0.1, 0.15) is 10.4 Å². The van der Waals surface area contributed by atoms with Crippen LogP contribution in [0.5, 0.6) is 0 Å². The summed E-state index contributed by atoms with van der Waals surface area (Å²) in [4.78, 5) is 11.8. The van der Waals surface area contributed by atoms with Gasteiger partial charge in [0.15, 0.2) is 17.8 Å². The lowest BCUT2D eigenvalue weighted by Gasteiger charge is -1.97. The predicted molar refractivity (Wildman–Crippen MR) is 69.4 cm³/mol. The summed E-state index contributed by atoms with van der Waals surface area (Å²) in [5.74, 6) is 0.749. The molecule has 3 heterocycles. The van der Waals surface area contributed by atoms with Crippen molar-refractivity contribution < 1.29 is 4.79 Å². The number of hydrogen-bond donors (Lipinski definition) is 0. The van der Waals surface area contributed by atoms with Crippen LogP contribution >= 0.6 is 27.3 Å². The zero-order valence-corrected chi connectivity index (χ0v) is 10.9. The first-order chi connectivity index (χ1) is 8.28. The molecular weight excluding hydrogens is 302 g/mol. The molecule has 0 saturated carbocycles. The second-order valence-electron chi connectivity index (χ2n) is 3.44. The average Bonchev–Trinajstić information content (AvgIpc) is 2.93. The van der Waals surface area contributed by atoms with Gasteiger partial charge in [0.2, 0.25) is 0 Å². The van der Waals surface area contributed by atoms with Gasteiger partial charge in [-0.05, 0) is 40.2 Å². The van der Waals surface area contributed by atoms with Crippen molar-refractivity contribution in [3.63, 3.8) is 0 Å². The highest BCUT2D eigenvalue weighted by Crippen LogP contribution is 2.30. The number of aromatic nitrogens is 3. The molecule has 3 aromatic heterocycles. The van der Waals surface area contributed by atoms with Crippen LogP contribution in [0.2, 0.25) is 0 Å². The van der Waals surface area contributed by atoms with Crippen molar-refractivity contribution >= 4 is 39.2 Å². The maximum absolute atomic E-state index is 10.8. The van der Waals surface area contributed by atoms with E-state index in [2.05, 4.69) is 26.1 Å². The Hall–Kier alpha value is -1.53. The standard InChI is InChI=1S/C11H6BrN3OS/c12-9-3-2-8(17-9)11-14-13-10-4-1-7(6-16)5-15(10)11/h1-6H. The third kappa shape index (κ3) is 1.79. The first-order valence-electron chi connectivity index (χ1n) is 4.83. The lowest BCUT2D eigenvalue weighted by atomic mass is 10.3. The molecule has 3 rings (SSSR count). The van der Waals surface area contributed by atoms with Gasteiger partial charge >= 0.3 is 0 Å². The third-order valence-electron chi connectivity index (χ3n) is 2.35. The SMILES string of the molecule is O=Cc1ccc2nnc(-c3ccc(Br)s3)n2c1. The fourth-order valence-corrected chi connectivity index (χ4v) is 2.95. The minimum Gasteiger partial charge on any atom is -0.298 e. The second-order valence-corrected chi connectivity index (χ2v) is 5.90. The van der Waals surface area contributed by atoms with Gasteiger partial charge in [-0.3, -0.25) is 9.20 Å². The van der Waals surface area contributed by atoms with E-state index in [1.54, 1.807) is 29.7 Å². The van der Waals surface area contributed by atoms with E-state index in [-0.39, 0.29) is 0 Å². The first-order valence-corrected chi connectivity index (χ1v) is 6.44. The molecular formula is C11H6BrN3OS. The molecule has 0 fully saturated rings. The number of halogens is 1. The molecule has 84 valence electrons. The molecule has 17 heavy (non-hydrogen) atoms. The van der Waals surface area contributed by atoms with E-state index in [0.29, 0.717) is 5.56 Å². The third-order valence-corrected chi connectivity index (χ3v) is 3.97. The van der Waals surface area contributed by atoms with E-state index in [1.165, 1.54) is 0 Å². The predicted octanol–water partition coefficient (Wildman–Crippen LogP) is 3.03. The monoisotopic (exact) mass is 307 g/mol. The lowest BCUT2D eigenvalue weighted by Crippen LogP contribution is -1.90. The van der Waals surface area contributed by atoms with E-state index < -0.39 is 0 Å². The highest BCUT2D eigenvalue weighted by atomic mass is 79.9. The maximum Gasteiger partial charge on any atom is 0.178 e. The van der Waals surface area contributed by atoms with Gasteiger partial charge in [0.1, 0.15) is 0 Å². The topological polar surface area (TPSA) is 47.3 Å². The Morgan fingerprint density at radius 1 is 1.24 bits per heavy atom. The van der Waals surface area contributed by atoms with Gasteiger partial charge in [0, 0.05) is 11.8 Å². The lowest BCUT2D eigenvalue weighted by molar-refractivity contribution is 0.112. The molecule has 4 nitrogen and oxygen atoms in total. The number of fused-ring (bicyclic) bond motifs is 1. The van der Waals surface area contributed by atoms with Crippen molar-refractivity contribution in [3.8, 4) is 10.7 Å². The summed E-state index contributed by atoms with van der Waals surface area (Å²) in [6, 6.07) is 7.44. The molecule has 0 amide bonds. The number of pyridine rings is 1. The van der Waals surface area contributed by atoms with Gasteiger partial charge in [0.25, 0.3) is 0 Å². The summed E-state index contributed by atoms with van der Waals surface area (Å²) in [5.41, 5.74) is 1.34. The van der Waals surface area contributed by atoms with E-state index in [1.807, 2.05) is 16.5 Å². The molecule has 0 spiro atoms. The molecule has 0 atom stereocenters. The minimum atomic E-state index is 0.606. The molecule has 0 radical (unpaired) electrons. The summed E-state index contributed by atoms with van der Waals surface area (Å²) in [6.07, 6.45) is 2.55. The number of thiophene rings is 1. The number of hydrogen-bond acceptors (Lipinski definition) is 4. The molecule has 0 aliphatic carbocycles. The number of aldehydes is 1. The number of carbonyl (C=O) groups excluding carboxylic acids is 1. The maximum atomic E-state index is 10.8. The normalized spacial score (nSPS) is 10.9. The van der Waals surface area contributed by atoms with Crippen LogP contribution in [0.15, 0.2) is 34.2 Å². The van der Waals surface area contributed by atoms with Crippen LogP contribution in [0, 0.1) is 0 Å². The summed E-state index contributed by atoms with van der Waals surface area (Å²) < 4.78 is 2.86. The van der Waals surface area contributed by atoms with Crippen molar-refractivity contribution in [1.29, 1.82) is 0 Å². The summed E-state index contributed by atoms with van der Waals surface area (Å²) >= 11 is 4.99. The van der Waals surface area contributed by atoms with Crippen LogP contribution in [0.4, 0.5) is 0 Å². The number of rotatable bonds is 2. The summed E-state index contributed by atoms with van der Waals surface area (Å²) in [6.45, 7) is 0. The van der Waals surface area contributed by atoms with Crippen LogP contribution in [-0.2, 0) is 0 Å². The summed E-state index contributed by atoms with van der Waals surface area (Å²) in [5, 5.41) is 8.21. The zero-order chi connectivity index (χ0) is 11.8. The smallest absolute Gasteiger partial charge is 0.178 e. The highest BCUT2D eigenvalue weighted by Gasteiger charge is 2.10. The van der Waals surface area contributed by atoms with Crippen LogP contribution in [-0.4, -0.2) is 20.9 Å². The quantitative estimate of drug-likeness (QED) is 0.684. The molecule has 0 aliphatic heterocycles. The number of carbonyl (C=O) groups is 1. The largest absolute Gasteiger partial charge is 0.298 e. The first kappa shape index (κ1) is 10.6. The van der Waals surface area contributed by atoms with Crippen molar-refractivity contribution in [1.82, 2.24) is 14.6 Å². The van der Waals surface area contributed by atoms with Crippen LogP contribution in [0.3, 0.4) is 0 Å². The van der Waals surface area contributed by atoms with Gasteiger partial charge in [0.05, 0.1) is 8.66 Å². The van der Waals surface area contributed by atoms with E-state index >= 15 is 0 Å². The van der Waals surface area contributed by atoms with Gasteiger partial charge in [-0.1, -0.05) is 0 Å². The minimum absolute atomic E-state index is 0.606. The number of nitrogens with zero attached hydrogens (tertiary/aromatic N) is 3. The molecule has 0 aromatic carbocycles. The Morgan fingerprint density at radius 3 is 2.82 bits per heavy atom. The van der Waals surface area contributed by atoms with Crippen LogP contribution < -0.4 is 0 Å². The molecule has 0 aliphatic rings. The Morgan fingerprint density at radius 2 is 2.12 bits per heavy atom. The van der Waals surface area contributed by atoms with E-state index in [9.17, 15) is 4.79 Å². The molecule has 3 aromatic rings. The Bertz CT molecular complexity index is 704. The van der Waals surface area contributed by atoms with Crippen molar-refractivity contribution in [2.45, 2.75) is 0 Å². The zero-order valence-electron chi connectivity index (χ0n) is 8.50. The average molecular weight is 308 g/mol. The van der Waals surface area contributed by atoms with Gasteiger partial charge in [-0.15, -0.1) is 21.5 Å². The molecule has 0 N–H and O–H groups in total. The molecule has 6 heteroatoms. The van der Waals surface area contributed by atoms with Crippen molar-refractivity contribution in [3.05, 3.63) is 39.8 Å². The fraction of sp³-hybridized carbons (Fsp3) is 0. The highest BCUT2D eigenvalue weighted by molar-refractivity contribution is 9.11. The van der Waals surface area contributed by atoms with Crippen molar-refractivity contribution in [2.75, 3.05) is 0 Å². The molecule has 0 unspecified atom stereocenters. The molecule has 0 bridgehead atoms. The van der Waals surface area contributed by atoms with Crippen molar-refractivity contribution in [2.24, 2.45) is 0 Å².